The van der Waals surface area contributed by atoms with Gasteiger partial charge in [-0.05, 0) is 42.5 Å². The van der Waals surface area contributed by atoms with E-state index < -0.39 is 11.7 Å². The lowest BCUT2D eigenvalue weighted by molar-refractivity contribution is -0.119. The Morgan fingerprint density at radius 2 is 1.96 bits per heavy atom. The van der Waals surface area contributed by atoms with Crippen LogP contribution in [0.15, 0.2) is 54.7 Å². The molecule has 3 aromatic rings. The highest BCUT2D eigenvalue weighted by Gasteiger charge is 2.08. The minimum atomic E-state index is -0.634. The Labute approximate surface area is 159 Å². The summed E-state index contributed by atoms with van der Waals surface area (Å²) in [5.41, 5.74) is 6.66. The maximum absolute atomic E-state index is 14.1. The van der Waals surface area contributed by atoms with Gasteiger partial charge < -0.3 is 21.1 Å². The number of primary amides is 1. The number of anilines is 4. The first-order chi connectivity index (χ1) is 13.5. The van der Waals surface area contributed by atoms with Crippen LogP contribution in [-0.2, 0) is 4.79 Å². The van der Waals surface area contributed by atoms with E-state index in [0.29, 0.717) is 22.7 Å². The predicted molar refractivity (Wildman–Crippen MR) is 101 cm³/mol. The van der Waals surface area contributed by atoms with Gasteiger partial charge in [-0.1, -0.05) is 6.07 Å². The van der Waals surface area contributed by atoms with Crippen LogP contribution in [0.3, 0.4) is 0 Å². The van der Waals surface area contributed by atoms with Gasteiger partial charge in [0, 0.05) is 11.4 Å². The number of ether oxygens (including phenoxy) is 1. The van der Waals surface area contributed by atoms with Crippen LogP contribution in [0.1, 0.15) is 5.56 Å². The monoisotopic (exact) mass is 378 g/mol. The fraction of sp³-hybridized carbons (Fsp3) is 0.0526. The number of rotatable bonds is 7. The Bertz CT molecular complexity index is 1030. The summed E-state index contributed by atoms with van der Waals surface area (Å²) in [6, 6.07) is 15.3. The summed E-state index contributed by atoms with van der Waals surface area (Å²) in [6.45, 7) is -0.227. The van der Waals surface area contributed by atoms with Crippen molar-refractivity contribution in [3.8, 4) is 11.8 Å². The molecular weight excluding hydrogens is 363 g/mol. The summed E-state index contributed by atoms with van der Waals surface area (Å²) in [7, 11) is 0. The van der Waals surface area contributed by atoms with Crippen LogP contribution in [0.5, 0.6) is 5.75 Å². The molecule has 1 heterocycles. The van der Waals surface area contributed by atoms with Gasteiger partial charge in [-0.3, -0.25) is 4.79 Å². The molecule has 0 saturated carbocycles. The predicted octanol–water partition coefficient (Wildman–Crippen LogP) is 2.84. The van der Waals surface area contributed by atoms with Crippen molar-refractivity contribution in [3.05, 3.63) is 66.1 Å². The van der Waals surface area contributed by atoms with E-state index in [1.807, 2.05) is 6.07 Å². The van der Waals surface area contributed by atoms with E-state index in [0.717, 1.165) is 6.20 Å². The Hall–Kier alpha value is -4.19. The zero-order valence-corrected chi connectivity index (χ0v) is 14.5. The third kappa shape index (κ3) is 4.92. The minimum Gasteiger partial charge on any atom is -0.484 e. The van der Waals surface area contributed by atoms with Gasteiger partial charge >= 0.3 is 0 Å². The molecule has 1 amide bonds. The molecule has 0 saturated heterocycles. The zero-order chi connectivity index (χ0) is 19.9. The molecule has 0 spiro atoms. The van der Waals surface area contributed by atoms with Crippen LogP contribution >= 0.6 is 0 Å². The van der Waals surface area contributed by atoms with E-state index >= 15 is 0 Å². The number of amides is 1. The van der Waals surface area contributed by atoms with Gasteiger partial charge in [0.25, 0.3) is 5.91 Å². The second kappa shape index (κ2) is 8.46. The van der Waals surface area contributed by atoms with Gasteiger partial charge in [-0.15, -0.1) is 0 Å². The molecule has 0 aliphatic carbocycles. The molecule has 0 fully saturated rings. The van der Waals surface area contributed by atoms with Gasteiger partial charge in [-0.2, -0.15) is 10.2 Å². The number of nitrogens with one attached hydrogen (secondary N) is 2. The number of nitriles is 1. The van der Waals surface area contributed by atoms with Crippen LogP contribution in [0.25, 0.3) is 0 Å². The van der Waals surface area contributed by atoms with Crippen molar-refractivity contribution in [2.45, 2.75) is 0 Å². The van der Waals surface area contributed by atoms with Crippen molar-refractivity contribution < 1.29 is 13.9 Å². The number of benzene rings is 2. The fourth-order valence-electron chi connectivity index (χ4n) is 2.24. The molecule has 1 aromatic heterocycles. The van der Waals surface area contributed by atoms with Gasteiger partial charge in [-0.25, -0.2) is 9.37 Å². The maximum atomic E-state index is 14.1. The standard InChI is InChI=1S/C19H15FN6O2/c20-16-10-23-19(25-14-3-1-2-12(8-14)9-21)26-18(16)24-13-4-6-15(7-5-13)28-11-17(22)27/h1-8,10H,11H2,(H2,22,27)(H2,23,24,25,26). The SMILES string of the molecule is N#Cc1cccc(Nc2ncc(F)c(Nc3ccc(OCC(N)=O)cc3)n2)c1. The van der Waals surface area contributed by atoms with Gasteiger partial charge in [0.1, 0.15) is 5.75 Å². The number of hydrogen-bond donors (Lipinski definition) is 3. The molecule has 0 atom stereocenters. The van der Waals surface area contributed by atoms with Gasteiger partial charge in [0.15, 0.2) is 18.2 Å². The van der Waals surface area contributed by atoms with Crippen molar-refractivity contribution in [3.63, 3.8) is 0 Å². The molecule has 0 aliphatic heterocycles. The molecule has 140 valence electrons. The lowest BCUT2D eigenvalue weighted by Gasteiger charge is -2.10. The molecule has 8 nitrogen and oxygen atoms in total. The van der Waals surface area contributed by atoms with Crippen LogP contribution in [0.2, 0.25) is 0 Å². The van der Waals surface area contributed by atoms with E-state index in [2.05, 4.69) is 20.6 Å². The summed E-state index contributed by atoms with van der Waals surface area (Å²) in [6.07, 6.45) is 1.04. The highest BCUT2D eigenvalue weighted by Crippen LogP contribution is 2.22. The molecule has 4 N–H and O–H groups in total. The number of aromatic nitrogens is 2. The fourth-order valence-corrected chi connectivity index (χ4v) is 2.24. The number of nitrogens with zero attached hydrogens (tertiary/aromatic N) is 3. The first kappa shape index (κ1) is 18.6. The molecule has 28 heavy (non-hydrogen) atoms. The van der Waals surface area contributed by atoms with Crippen LogP contribution in [0.4, 0.5) is 27.5 Å². The molecule has 0 bridgehead atoms. The summed E-state index contributed by atoms with van der Waals surface area (Å²) in [4.78, 5) is 18.7. The Morgan fingerprint density at radius 1 is 1.18 bits per heavy atom. The van der Waals surface area contributed by atoms with Gasteiger partial charge in [0.05, 0.1) is 17.8 Å². The topological polar surface area (TPSA) is 126 Å². The van der Waals surface area contributed by atoms with Crippen LogP contribution in [-0.4, -0.2) is 22.5 Å². The molecule has 3 rings (SSSR count). The van der Waals surface area contributed by atoms with E-state index in [4.69, 9.17) is 15.7 Å². The summed E-state index contributed by atoms with van der Waals surface area (Å²) < 4.78 is 19.2. The van der Waals surface area contributed by atoms with E-state index in [-0.39, 0.29) is 18.4 Å². The highest BCUT2D eigenvalue weighted by atomic mass is 19.1. The second-order valence-electron chi connectivity index (χ2n) is 5.61. The first-order valence-electron chi connectivity index (χ1n) is 8.11. The summed E-state index contributed by atoms with van der Waals surface area (Å²) in [5, 5.41) is 14.7. The van der Waals surface area contributed by atoms with Crippen LogP contribution in [0, 0.1) is 17.1 Å². The second-order valence-corrected chi connectivity index (χ2v) is 5.61. The van der Waals surface area contributed by atoms with Crippen molar-refractivity contribution in [1.82, 2.24) is 9.97 Å². The molecular formula is C19H15FN6O2. The van der Waals surface area contributed by atoms with Crippen molar-refractivity contribution >= 4 is 29.0 Å². The lowest BCUT2D eigenvalue weighted by Crippen LogP contribution is -2.19. The van der Waals surface area contributed by atoms with Crippen molar-refractivity contribution in [2.75, 3.05) is 17.2 Å². The third-order valence-electron chi connectivity index (χ3n) is 3.49. The Morgan fingerprint density at radius 3 is 2.68 bits per heavy atom. The van der Waals surface area contributed by atoms with E-state index in [1.165, 1.54) is 0 Å². The third-order valence-corrected chi connectivity index (χ3v) is 3.49. The van der Waals surface area contributed by atoms with Gasteiger partial charge in [0.2, 0.25) is 5.95 Å². The average Bonchev–Trinajstić information content (AvgIpc) is 2.70. The lowest BCUT2D eigenvalue weighted by atomic mass is 10.2. The number of halogens is 1. The molecule has 9 heteroatoms. The smallest absolute Gasteiger partial charge is 0.255 e. The summed E-state index contributed by atoms with van der Waals surface area (Å²) >= 11 is 0. The Kier molecular flexibility index (Phi) is 5.62. The molecule has 0 aliphatic rings. The van der Waals surface area contributed by atoms with E-state index in [9.17, 15) is 9.18 Å². The summed E-state index contributed by atoms with van der Waals surface area (Å²) in [5.74, 6) is -0.622. The minimum absolute atomic E-state index is 0.0280. The quantitative estimate of drug-likeness (QED) is 0.577. The molecule has 0 unspecified atom stereocenters. The zero-order valence-electron chi connectivity index (χ0n) is 14.5. The number of nitrogens with two attached hydrogens (primary N) is 1. The average molecular weight is 378 g/mol. The molecule has 2 aromatic carbocycles. The maximum Gasteiger partial charge on any atom is 0.255 e. The van der Waals surface area contributed by atoms with E-state index in [1.54, 1.807) is 48.5 Å². The highest BCUT2D eigenvalue weighted by molar-refractivity contribution is 5.75. The number of carbonyl (C=O) groups is 1. The first-order valence-corrected chi connectivity index (χ1v) is 8.11. The van der Waals surface area contributed by atoms with Crippen molar-refractivity contribution in [2.24, 2.45) is 5.73 Å². The number of carbonyl (C=O) groups excluding carboxylic acids is 1. The van der Waals surface area contributed by atoms with Crippen molar-refractivity contribution in [1.29, 1.82) is 5.26 Å². The number of hydrogen-bond acceptors (Lipinski definition) is 7. The van der Waals surface area contributed by atoms with Crippen LogP contribution < -0.4 is 21.1 Å². The largest absolute Gasteiger partial charge is 0.484 e. The molecule has 0 radical (unpaired) electrons. The Balaban J connectivity index is 1.72. The normalized spacial score (nSPS) is 10.0.